The number of carbonyl (C=O) groups excluding carboxylic acids is 2. The molecule has 0 bridgehead atoms. The van der Waals surface area contributed by atoms with Crippen molar-refractivity contribution in [2.24, 2.45) is 0 Å². The molecule has 0 amide bonds. The SMILES string of the molecule is COc1c(C=O)ccc(-c2ccc(C=O)cc2)c1OC. The monoisotopic (exact) mass is 270 g/mol. The molecule has 0 aromatic heterocycles. The van der Waals surface area contributed by atoms with Crippen molar-refractivity contribution in [1.29, 1.82) is 0 Å². The summed E-state index contributed by atoms with van der Waals surface area (Å²) in [7, 11) is 3.01. The zero-order chi connectivity index (χ0) is 14.5. The third-order valence-electron chi connectivity index (χ3n) is 3.04. The van der Waals surface area contributed by atoms with E-state index in [9.17, 15) is 9.59 Å². The van der Waals surface area contributed by atoms with Gasteiger partial charge < -0.3 is 9.47 Å². The Morgan fingerprint density at radius 1 is 0.800 bits per heavy atom. The third kappa shape index (κ3) is 2.40. The quantitative estimate of drug-likeness (QED) is 0.784. The predicted molar refractivity (Wildman–Crippen MR) is 75.8 cm³/mol. The summed E-state index contributed by atoms with van der Waals surface area (Å²) in [4.78, 5) is 21.7. The Labute approximate surface area is 116 Å². The Kier molecular flexibility index (Phi) is 4.15. The van der Waals surface area contributed by atoms with Gasteiger partial charge in [-0.05, 0) is 17.7 Å². The maximum absolute atomic E-state index is 11.0. The summed E-state index contributed by atoms with van der Waals surface area (Å²) in [5, 5.41) is 0. The molecule has 20 heavy (non-hydrogen) atoms. The number of carbonyl (C=O) groups is 2. The molecule has 0 atom stereocenters. The summed E-state index contributed by atoms with van der Waals surface area (Å²) in [6.45, 7) is 0. The van der Waals surface area contributed by atoms with Gasteiger partial charge in [-0.1, -0.05) is 24.3 Å². The Balaban J connectivity index is 2.60. The van der Waals surface area contributed by atoms with Gasteiger partial charge in [0.1, 0.15) is 6.29 Å². The van der Waals surface area contributed by atoms with Crippen LogP contribution in [0.2, 0.25) is 0 Å². The summed E-state index contributed by atoms with van der Waals surface area (Å²) in [5.74, 6) is 0.899. The molecule has 0 aliphatic carbocycles. The molecular weight excluding hydrogens is 256 g/mol. The zero-order valence-electron chi connectivity index (χ0n) is 11.3. The first-order valence-electron chi connectivity index (χ1n) is 6.01. The highest BCUT2D eigenvalue weighted by Crippen LogP contribution is 2.39. The first-order valence-corrected chi connectivity index (χ1v) is 6.01. The van der Waals surface area contributed by atoms with Crippen LogP contribution in [0.3, 0.4) is 0 Å². The van der Waals surface area contributed by atoms with Gasteiger partial charge in [-0.3, -0.25) is 9.59 Å². The lowest BCUT2D eigenvalue weighted by Crippen LogP contribution is -1.97. The smallest absolute Gasteiger partial charge is 0.171 e. The van der Waals surface area contributed by atoms with E-state index in [-0.39, 0.29) is 0 Å². The maximum atomic E-state index is 11.0. The Bertz CT molecular complexity index is 630. The molecule has 0 N–H and O–H groups in total. The van der Waals surface area contributed by atoms with E-state index >= 15 is 0 Å². The topological polar surface area (TPSA) is 52.6 Å². The molecule has 4 nitrogen and oxygen atoms in total. The van der Waals surface area contributed by atoms with E-state index < -0.39 is 0 Å². The standard InChI is InChI=1S/C16H14O4/c1-19-15-13(10-18)7-8-14(16(15)20-2)12-5-3-11(9-17)4-6-12/h3-10H,1-2H3. The lowest BCUT2D eigenvalue weighted by atomic mass is 10.0. The van der Waals surface area contributed by atoms with Crippen LogP contribution < -0.4 is 9.47 Å². The average molecular weight is 270 g/mol. The van der Waals surface area contributed by atoms with Crippen molar-refractivity contribution in [3.05, 3.63) is 47.5 Å². The molecule has 102 valence electrons. The van der Waals surface area contributed by atoms with Crippen LogP contribution in [0.4, 0.5) is 0 Å². The second kappa shape index (κ2) is 6.02. The van der Waals surface area contributed by atoms with Gasteiger partial charge in [-0.25, -0.2) is 0 Å². The molecule has 0 aliphatic heterocycles. The highest BCUT2D eigenvalue weighted by Gasteiger charge is 2.15. The lowest BCUT2D eigenvalue weighted by Gasteiger charge is -2.14. The van der Waals surface area contributed by atoms with Crippen molar-refractivity contribution in [2.45, 2.75) is 0 Å². The van der Waals surface area contributed by atoms with E-state index in [0.29, 0.717) is 22.6 Å². The predicted octanol–water partition coefficient (Wildman–Crippen LogP) is 3.00. The largest absolute Gasteiger partial charge is 0.492 e. The first-order chi connectivity index (χ1) is 9.74. The van der Waals surface area contributed by atoms with Crippen molar-refractivity contribution in [1.82, 2.24) is 0 Å². The van der Waals surface area contributed by atoms with Crippen LogP contribution in [-0.2, 0) is 0 Å². The van der Waals surface area contributed by atoms with Crippen molar-refractivity contribution in [3.8, 4) is 22.6 Å². The minimum absolute atomic E-state index is 0.402. The maximum Gasteiger partial charge on any atom is 0.171 e. The number of hydrogen-bond acceptors (Lipinski definition) is 4. The third-order valence-corrected chi connectivity index (χ3v) is 3.04. The van der Waals surface area contributed by atoms with Gasteiger partial charge >= 0.3 is 0 Å². The molecular formula is C16H14O4. The number of hydrogen-bond donors (Lipinski definition) is 0. The minimum Gasteiger partial charge on any atom is -0.492 e. The minimum atomic E-state index is 0.402. The van der Waals surface area contributed by atoms with Gasteiger partial charge in [0.2, 0.25) is 0 Å². The fourth-order valence-corrected chi connectivity index (χ4v) is 2.05. The van der Waals surface area contributed by atoms with E-state index in [1.54, 1.807) is 24.3 Å². The van der Waals surface area contributed by atoms with Gasteiger partial charge in [0.15, 0.2) is 17.8 Å². The van der Waals surface area contributed by atoms with Crippen LogP contribution in [0.1, 0.15) is 20.7 Å². The molecule has 2 rings (SSSR count). The van der Waals surface area contributed by atoms with Crippen molar-refractivity contribution in [3.63, 3.8) is 0 Å². The summed E-state index contributed by atoms with van der Waals surface area (Å²) in [6.07, 6.45) is 1.51. The van der Waals surface area contributed by atoms with Gasteiger partial charge in [0, 0.05) is 11.1 Å². The van der Waals surface area contributed by atoms with Gasteiger partial charge in [-0.15, -0.1) is 0 Å². The molecule has 0 radical (unpaired) electrons. The van der Waals surface area contributed by atoms with Gasteiger partial charge in [-0.2, -0.15) is 0 Å². The molecule has 0 heterocycles. The number of benzene rings is 2. The number of ether oxygens (including phenoxy) is 2. The Morgan fingerprint density at radius 2 is 1.45 bits per heavy atom. The second-order valence-electron chi connectivity index (χ2n) is 4.13. The van der Waals surface area contributed by atoms with Gasteiger partial charge in [0.25, 0.3) is 0 Å². The highest BCUT2D eigenvalue weighted by atomic mass is 16.5. The summed E-state index contributed by atoms with van der Waals surface area (Å²) in [5.41, 5.74) is 2.71. The average Bonchev–Trinajstić information content (AvgIpc) is 2.53. The Hall–Kier alpha value is -2.62. The van der Waals surface area contributed by atoms with Crippen molar-refractivity contribution < 1.29 is 19.1 Å². The summed E-state index contributed by atoms with van der Waals surface area (Å²) in [6, 6.07) is 10.6. The van der Waals surface area contributed by atoms with E-state index in [1.807, 2.05) is 12.1 Å². The molecule has 2 aromatic rings. The van der Waals surface area contributed by atoms with Crippen LogP contribution >= 0.6 is 0 Å². The van der Waals surface area contributed by atoms with Crippen LogP contribution in [0.25, 0.3) is 11.1 Å². The highest BCUT2D eigenvalue weighted by molar-refractivity contribution is 5.87. The molecule has 0 saturated heterocycles. The van der Waals surface area contributed by atoms with Gasteiger partial charge in [0.05, 0.1) is 19.8 Å². The van der Waals surface area contributed by atoms with Crippen molar-refractivity contribution >= 4 is 12.6 Å². The van der Waals surface area contributed by atoms with E-state index in [4.69, 9.17) is 9.47 Å². The summed E-state index contributed by atoms with van der Waals surface area (Å²) >= 11 is 0. The number of methoxy groups -OCH3 is 2. The van der Waals surface area contributed by atoms with Crippen LogP contribution in [0.15, 0.2) is 36.4 Å². The fourth-order valence-electron chi connectivity index (χ4n) is 2.05. The molecule has 4 heteroatoms. The van der Waals surface area contributed by atoms with Crippen LogP contribution in [-0.4, -0.2) is 26.8 Å². The van der Waals surface area contributed by atoms with Crippen LogP contribution in [0, 0.1) is 0 Å². The van der Waals surface area contributed by atoms with Crippen LogP contribution in [0.5, 0.6) is 11.5 Å². The van der Waals surface area contributed by atoms with E-state index in [2.05, 4.69) is 0 Å². The molecule has 0 spiro atoms. The normalized spacial score (nSPS) is 9.90. The fraction of sp³-hybridized carbons (Fsp3) is 0.125. The van der Waals surface area contributed by atoms with E-state index in [0.717, 1.165) is 23.7 Å². The van der Waals surface area contributed by atoms with Crippen molar-refractivity contribution in [2.75, 3.05) is 14.2 Å². The first kappa shape index (κ1) is 13.8. The lowest BCUT2D eigenvalue weighted by molar-refractivity contribution is 0.111. The Morgan fingerprint density at radius 3 is 1.95 bits per heavy atom. The number of rotatable bonds is 5. The molecule has 0 aliphatic rings. The second-order valence-corrected chi connectivity index (χ2v) is 4.13. The molecule has 2 aromatic carbocycles. The zero-order valence-corrected chi connectivity index (χ0v) is 11.3. The molecule has 0 unspecified atom stereocenters. The molecule has 0 saturated carbocycles. The van der Waals surface area contributed by atoms with E-state index in [1.165, 1.54) is 14.2 Å². The number of aldehydes is 2. The summed E-state index contributed by atoms with van der Waals surface area (Å²) < 4.78 is 10.6. The molecule has 0 fully saturated rings.